The van der Waals surface area contributed by atoms with E-state index >= 15 is 0 Å². The zero-order valence-corrected chi connectivity index (χ0v) is 22.9. The van der Waals surface area contributed by atoms with Crippen molar-refractivity contribution in [2.24, 2.45) is 4.99 Å². The quantitative estimate of drug-likeness (QED) is 0.237. The number of carbonyl (C=O) groups excluding carboxylic acids is 1. The van der Waals surface area contributed by atoms with E-state index in [2.05, 4.69) is 20.9 Å². The van der Waals surface area contributed by atoms with Gasteiger partial charge in [-0.1, -0.05) is 17.4 Å². The van der Waals surface area contributed by atoms with E-state index in [4.69, 9.17) is 9.47 Å². The lowest BCUT2D eigenvalue weighted by Crippen LogP contribution is -2.40. The fourth-order valence-electron chi connectivity index (χ4n) is 4.08. The number of nitro groups is 2. The van der Waals surface area contributed by atoms with E-state index in [1.165, 1.54) is 11.7 Å². The molecule has 3 aromatic rings. The second-order valence-corrected chi connectivity index (χ2v) is 9.98. The predicted octanol–water partition coefficient (Wildman–Crippen LogP) is 3.09. The third-order valence-electron chi connectivity index (χ3n) is 5.81. The molecule has 15 heteroatoms. The molecule has 0 aliphatic carbocycles. The average molecular weight is 619 g/mol. The number of rotatable bonds is 7. The summed E-state index contributed by atoms with van der Waals surface area (Å²) in [5.74, 6) is -0.986. The Morgan fingerprint density at radius 2 is 1.97 bits per heavy atom. The lowest BCUT2D eigenvalue weighted by Gasteiger charge is -2.25. The first-order valence-electron chi connectivity index (χ1n) is 11.2. The largest absolute Gasteiger partial charge is 0.502 e. The molecule has 0 unspecified atom stereocenters. The van der Waals surface area contributed by atoms with Crippen molar-refractivity contribution in [2.75, 3.05) is 13.7 Å². The summed E-state index contributed by atoms with van der Waals surface area (Å²) in [6, 6.07) is 5.62. The van der Waals surface area contributed by atoms with Gasteiger partial charge in [-0.05, 0) is 53.5 Å². The lowest BCUT2D eigenvalue weighted by molar-refractivity contribution is -0.394. The van der Waals surface area contributed by atoms with Crippen LogP contribution in [0.1, 0.15) is 31.0 Å². The van der Waals surface area contributed by atoms with Gasteiger partial charge in [0.1, 0.15) is 5.75 Å². The minimum atomic E-state index is -0.961. The molecule has 1 N–H and O–H groups in total. The molecule has 13 nitrogen and oxygen atoms in total. The molecule has 0 saturated carbocycles. The summed E-state index contributed by atoms with van der Waals surface area (Å²) in [4.78, 5) is 52.2. The normalized spacial score (nSPS) is 15.0. The van der Waals surface area contributed by atoms with Crippen molar-refractivity contribution >= 4 is 50.7 Å². The Labute approximate surface area is 231 Å². The van der Waals surface area contributed by atoms with Crippen LogP contribution in [-0.2, 0) is 9.53 Å². The molecule has 0 fully saturated rings. The first-order chi connectivity index (χ1) is 18.5. The highest BCUT2D eigenvalue weighted by atomic mass is 79.9. The van der Waals surface area contributed by atoms with Gasteiger partial charge < -0.3 is 14.6 Å². The number of allylic oxidation sites excluding steroid dienone is 1. The Bertz CT molecular complexity index is 1760. The number of methoxy groups -OCH3 is 1. The highest BCUT2D eigenvalue weighted by Crippen LogP contribution is 2.36. The SMILES string of the molecule is CCOC(=O)C1=C(C)N=c2s/c(=C/c3cc([N+](=O)[O-])cc([N+](=O)[O-])c3O)c(=O)n2[C@@H]1c1ccc(OC)c(Br)c1. The summed E-state index contributed by atoms with van der Waals surface area (Å²) >= 11 is 4.31. The highest BCUT2D eigenvalue weighted by molar-refractivity contribution is 9.10. The third kappa shape index (κ3) is 5.05. The number of phenolic OH excluding ortho intramolecular Hbond substituents is 1. The number of nitrogens with zero attached hydrogens (tertiary/aromatic N) is 4. The number of ether oxygens (including phenoxy) is 2. The van der Waals surface area contributed by atoms with Gasteiger partial charge in [0.15, 0.2) is 4.80 Å². The number of esters is 1. The highest BCUT2D eigenvalue weighted by Gasteiger charge is 2.34. The van der Waals surface area contributed by atoms with E-state index in [0.29, 0.717) is 27.5 Å². The van der Waals surface area contributed by atoms with Crippen molar-refractivity contribution < 1.29 is 29.2 Å². The fourth-order valence-corrected chi connectivity index (χ4v) is 5.68. The van der Waals surface area contributed by atoms with Gasteiger partial charge in [0, 0.05) is 11.6 Å². The molecule has 0 radical (unpaired) electrons. The number of thiazole rings is 1. The van der Waals surface area contributed by atoms with Crippen molar-refractivity contribution in [1.29, 1.82) is 0 Å². The van der Waals surface area contributed by atoms with Gasteiger partial charge >= 0.3 is 11.7 Å². The van der Waals surface area contributed by atoms with Crippen LogP contribution >= 0.6 is 27.3 Å². The molecule has 2 aromatic carbocycles. The number of aromatic nitrogens is 1. The summed E-state index contributed by atoms with van der Waals surface area (Å²) < 4.78 is 12.3. The molecule has 0 spiro atoms. The van der Waals surface area contributed by atoms with Crippen LogP contribution < -0.4 is 19.6 Å². The van der Waals surface area contributed by atoms with E-state index in [0.717, 1.165) is 23.5 Å². The molecule has 0 amide bonds. The van der Waals surface area contributed by atoms with Crippen LogP contribution in [0.4, 0.5) is 11.4 Å². The van der Waals surface area contributed by atoms with Gasteiger partial charge in [0.2, 0.25) is 5.75 Å². The summed E-state index contributed by atoms with van der Waals surface area (Å²) in [7, 11) is 1.49. The molecule has 0 saturated heterocycles. The summed E-state index contributed by atoms with van der Waals surface area (Å²) in [6.07, 6.45) is 1.11. The molecule has 1 atom stereocenters. The number of non-ortho nitro benzene ring substituents is 1. The van der Waals surface area contributed by atoms with Crippen LogP contribution in [0, 0.1) is 20.2 Å². The third-order valence-corrected chi connectivity index (χ3v) is 7.41. The number of hydrogen-bond acceptors (Lipinski definition) is 11. The molecule has 2 heterocycles. The zero-order chi connectivity index (χ0) is 28.6. The summed E-state index contributed by atoms with van der Waals surface area (Å²) in [5.41, 5.74) is -1.50. The van der Waals surface area contributed by atoms with Gasteiger partial charge in [-0.3, -0.25) is 29.6 Å². The van der Waals surface area contributed by atoms with E-state index in [1.807, 2.05) is 0 Å². The molecule has 0 bridgehead atoms. The minimum absolute atomic E-state index is 0.0330. The second kappa shape index (κ2) is 10.8. The average Bonchev–Trinajstić information content (AvgIpc) is 3.18. The van der Waals surface area contributed by atoms with Crippen molar-refractivity contribution in [3.63, 3.8) is 0 Å². The molecule has 39 heavy (non-hydrogen) atoms. The maximum absolute atomic E-state index is 13.7. The van der Waals surface area contributed by atoms with Crippen molar-refractivity contribution in [1.82, 2.24) is 4.57 Å². The van der Waals surface area contributed by atoms with Crippen LogP contribution in [0.15, 0.2) is 55.9 Å². The van der Waals surface area contributed by atoms with Crippen molar-refractivity contribution in [3.8, 4) is 11.5 Å². The maximum atomic E-state index is 13.7. The number of hydrogen-bond donors (Lipinski definition) is 1. The Kier molecular flexibility index (Phi) is 7.65. The van der Waals surface area contributed by atoms with Gasteiger partial charge in [0.05, 0.1) is 55.9 Å². The lowest BCUT2D eigenvalue weighted by atomic mass is 9.96. The van der Waals surface area contributed by atoms with E-state index in [-0.39, 0.29) is 27.1 Å². The maximum Gasteiger partial charge on any atom is 0.338 e. The first kappa shape index (κ1) is 27.7. The smallest absolute Gasteiger partial charge is 0.338 e. The Morgan fingerprint density at radius 3 is 2.56 bits per heavy atom. The van der Waals surface area contributed by atoms with Crippen molar-refractivity contribution in [3.05, 3.63) is 97.1 Å². The molecule has 1 aromatic heterocycles. The number of halogens is 1. The van der Waals surface area contributed by atoms with Gasteiger partial charge in [-0.15, -0.1) is 0 Å². The Balaban J connectivity index is 2.01. The molecule has 202 valence electrons. The molecule has 1 aliphatic heterocycles. The number of phenols is 1. The second-order valence-electron chi connectivity index (χ2n) is 8.11. The predicted molar refractivity (Wildman–Crippen MR) is 143 cm³/mol. The van der Waals surface area contributed by atoms with Crippen LogP contribution in [0.3, 0.4) is 0 Å². The van der Waals surface area contributed by atoms with Gasteiger partial charge in [0.25, 0.3) is 11.2 Å². The number of carbonyl (C=O) groups is 1. The number of fused-ring (bicyclic) bond motifs is 1. The standard InChI is InChI=1S/C24H19BrN4O9S/c1-4-38-23(32)19-11(2)26-24-27(20(19)12-5-6-17(37-3)15(25)8-12)22(31)18(39-24)9-13-7-14(28(33)34)10-16(21(13)30)29(35)36/h5-10,20,30H,4H2,1-3H3/b18-9+/t20-/m1/s1. The molecule has 4 rings (SSSR count). The molecular formula is C24H19BrN4O9S. The number of nitro benzene ring substituents is 2. The number of aromatic hydroxyl groups is 1. The Hall–Kier alpha value is -4.37. The zero-order valence-electron chi connectivity index (χ0n) is 20.5. The fraction of sp³-hybridized carbons (Fsp3) is 0.208. The van der Waals surface area contributed by atoms with E-state index in [1.54, 1.807) is 32.0 Å². The van der Waals surface area contributed by atoms with Gasteiger partial charge in [-0.25, -0.2) is 9.79 Å². The van der Waals surface area contributed by atoms with Crippen molar-refractivity contribution in [2.45, 2.75) is 19.9 Å². The molecular weight excluding hydrogens is 600 g/mol. The summed E-state index contributed by atoms with van der Waals surface area (Å²) in [6.45, 7) is 3.33. The van der Waals surface area contributed by atoms with Crippen LogP contribution in [0.5, 0.6) is 11.5 Å². The molecule has 1 aliphatic rings. The topological polar surface area (TPSA) is 176 Å². The summed E-state index contributed by atoms with van der Waals surface area (Å²) in [5, 5.41) is 33.1. The number of benzene rings is 2. The van der Waals surface area contributed by atoms with Crippen LogP contribution in [0.2, 0.25) is 0 Å². The van der Waals surface area contributed by atoms with Crippen LogP contribution in [0.25, 0.3) is 6.08 Å². The van der Waals surface area contributed by atoms with Gasteiger partial charge in [-0.2, -0.15) is 0 Å². The van der Waals surface area contributed by atoms with Crippen LogP contribution in [-0.4, -0.2) is 39.2 Å². The van der Waals surface area contributed by atoms with E-state index < -0.39 is 44.5 Å². The Morgan fingerprint density at radius 1 is 1.26 bits per heavy atom. The monoisotopic (exact) mass is 618 g/mol. The first-order valence-corrected chi connectivity index (χ1v) is 12.8. The minimum Gasteiger partial charge on any atom is -0.502 e. The van der Waals surface area contributed by atoms with E-state index in [9.17, 15) is 34.9 Å².